The molecule has 0 aliphatic carbocycles. The van der Waals surface area contributed by atoms with Crippen LogP contribution in [0.5, 0.6) is 0 Å². The summed E-state index contributed by atoms with van der Waals surface area (Å²) < 4.78 is 0. The lowest BCUT2D eigenvalue weighted by atomic mass is 9.91. The molecule has 0 bridgehead atoms. The fourth-order valence-electron chi connectivity index (χ4n) is 1.98. The van der Waals surface area contributed by atoms with Gasteiger partial charge in [-0.25, -0.2) is 0 Å². The predicted octanol–water partition coefficient (Wildman–Crippen LogP) is 4.51. The topological polar surface area (TPSA) is 17.1 Å². The van der Waals surface area contributed by atoms with Crippen molar-refractivity contribution in [3.05, 3.63) is 58.3 Å². The fraction of sp³-hybridized carbons (Fsp3) is 0.267. The van der Waals surface area contributed by atoms with Crippen LogP contribution in [0.2, 0.25) is 0 Å². The van der Waals surface area contributed by atoms with Gasteiger partial charge in [0.15, 0.2) is 5.78 Å². The molecule has 0 saturated carbocycles. The summed E-state index contributed by atoms with van der Waals surface area (Å²) >= 11 is 1.53. The minimum Gasteiger partial charge on any atom is -0.293 e. The fourth-order valence-corrected chi connectivity index (χ4v) is 2.66. The van der Waals surface area contributed by atoms with Gasteiger partial charge in [-0.2, -0.15) is 0 Å². The van der Waals surface area contributed by atoms with Crippen molar-refractivity contribution in [3.8, 4) is 0 Å². The van der Waals surface area contributed by atoms with Crippen LogP contribution in [-0.2, 0) is 0 Å². The van der Waals surface area contributed by atoms with E-state index in [1.54, 1.807) is 0 Å². The minimum absolute atomic E-state index is 0.260. The van der Waals surface area contributed by atoms with E-state index in [1.807, 2.05) is 35.7 Å². The Bertz CT molecular complexity index is 459. The largest absolute Gasteiger partial charge is 0.293 e. The number of hydrogen-bond acceptors (Lipinski definition) is 2. The normalized spacial score (nSPS) is 12.3. The molecule has 0 N–H and O–H groups in total. The molecule has 0 unspecified atom stereocenters. The molecule has 0 amide bonds. The number of benzene rings is 1. The molecule has 1 aromatic heterocycles. The Morgan fingerprint density at radius 1 is 1.18 bits per heavy atom. The van der Waals surface area contributed by atoms with Gasteiger partial charge in [0.2, 0.25) is 0 Å². The molecule has 2 aromatic rings. The molecule has 1 heterocycles. The van der Waals surface area contributed by atoms with Crippen molar-refractivity contribution >= 4 is 17.1 Å². The molecule has 2 rings (SSSR count). The second-order valence-corrected chi connectivity index (χ2v) is 5.07. The molecule has 0 fully saturated rings. The van der Waals surface area contributed by atoms with Crippen molar-refractivity contribution in [1.82, 2.24) is 0 Å². The highest BCUT2D eigenvalue weighted by Gasteiger charge is 2.15. The molecule has 0 aliphatic rings. The summed E-state index contributed by atoms with van der Waals surface area (Å²) in [5.41, 5.74) is 1.26. The Morgan fingerprint density at radius 3 is 2.53 bits per heavy atom. The zero-order valence-electron chi connectivity index (χ0n) is 9.93. The van der Waals surface area contributed by atoms with E-state index >= 15 is 0 Å². The molecule has 17 heavy (non-hydrogen) atoms. The molecule has 0 saturated heterocycles. The van der Waals surface area contributed by atoms with Gasteiger partial charge in [0.05, 0.1) is 4.88 Å². The SMILES string of the molecule is CC[C@@H](CC(=O)c1cccs1)c1ccccc1. The van der Waals surface area contributed by atoms with E-state index in [9.17, 15) is 4.79 Å². The van der Waals surface area contributed by atoms with Crippen LogP contribution in [0.25, 0.3) is 0 Å². The van der Waals surface area contributed by atoms with Crippen molar-refractivity contribution in [2.75, 3.05) is 0 Å². The van der Waals surface area contributed by atoms with Gasteiger partial charge in [-0.05, 0) is 29.3 Å². The molecule has 88 valence electrons. The van der Waals surface area contributed by atoms with Gasteiger partial charge in [-0.1, -0.05) is 43.3 Å². The third-order valence-electron chi connectivity index (χ3n) is 2.99. The van der Waals surface area contributed by atoms with Crippen molar-refractivity contribution in [2.24, 2.45) is 0 Å². The van der Waals surface area contributed by atoms with Crippen LogP contribution in [0.1, 0.15) is 40.9 Å². The lowest BCUT2D eigenvalue weighted by Crippen LogP contribution is -2.05. The lowest BCUT2D eigenvalue weighted by Gasteiger charge is -2.13. The monoisotopic (exact) mass is 244 g/mol. The van der Waals surface area contributed by atoms with Gasteiger partial charge in [-0.3, -0.25) is 4.79 Å². The summed E-state index contributed by atoms with van der Waals surface area (Å²) in [6.07, 6.45) is 1.61. The lowest BCUT2D eigenvalue weighted by molar-refractivity contribution is 0.0977. The second kappa shape index (κ2) is 5.78. The van der Waals surface area contributed by atoms with Gasteiger partial charge in [0.1, 0.15) is 0 Å². The summed E-state index contributed by atoms with van der Waals surface area (Å²) in [7, 11) is 0. The van der Waals surface area contributed by atoms with Crippen LogP contribution in [-0.4, -0.2) is 5.78 Å². The summed E-state index contributed by atoms with van der Waals surface area (Å²) in [6, 6.07) is 14.1. The minimum atomic E-state index is 0.260. The Morgan fingerprint density at radius 2 is 1.94 bits per heavy atom. The molecule has 1 nitrogen and oxygen atoms in total. The average molecular weight is 244 g/mol. The van der Waals surface area contributed by atoms with Crippen LogP contribution in [0.4, 0.5) is 0 Å². The van der Waals surface area contributed by atoms with E-state index in [4.69, 9.17) is 0 Å². The van der Waals surface area contributed by atoms with Crippen LogP contribution in [0.15, 0.2) is 47.8 Å². The first kappa shape index (κ1) is 12.1. The average Bonchev–Trinajstić information content (AvgIpc) is 2.90. The maximum Gasteiger partial charge on any atom is 0.173 e. The maximum absolute atomic E-state index is 12.1. The quantitative estimate of drug-likeness (QED) is 0.707. The van der Waals surface area contributed by atoms with E-state index in [0.29, 0.717) is 12.3 Å². The zero-order chi connectivity index (χ0) is 12.1. The van der Waals surface area contributed by atoms with Crippen LogP contribution >= 0.6 is 11.3 Å². The van der Waals surface area contributed by atoms with Crippen molar-refractivity contribution < 1.29 is 4.79 Å². The van der Waals surface area contributed by atoms with E-state index in [2.05, 4.69) is 19.1 Å². The molecule has 1 aromatic carbocycles. The molecule has 0 radical (unpaired) electrons. The van der Waals surface area contributed by atoms with E-state index in [-0.39, 0.29) is 5.78 Å². The molecule has 0 spiro atoms. The standard InChI is InChI=1S/C15H16OS/c1-2-12(13-7-4-3-5-8-13)11-14(16)15-9-6-10-17-15/h3-10,12H,2,11H2,1H3/t12-/m0/s1. The van der Waals surface area contributed by atoms with E-state index in [0.717, 1.165) is 11.3 Å². The van der Waals surface area contributed by atoms with Crippen molar-refractivity contribution in [2.45, 2.75) is 25.7 Å². The predicted molar refractivity (Wildman–Crippen MR) is 72.7 cm³/mol. The first-order valence-corrected chi connectivity index (χ1v) is 6.81. The number of carbonyl (C=O) groups excluding carboxylic acids is 1. The van der Waals surface area contributed by atoms with E-state index < -0.39 is 0 Å². The number of thiophene rings is 1. The smallest absolute Gasteiger partial charge is 0.173 e. The van der Waals surface area contributed by atoms with E-state index in [1.165, 1.54) is 16.9 Å². The summed E-state index contributed by atoms with van der Waals surface area (Å²) in [6.45, 7) is 2.14. The maximum atomic E-state index is 12.1. The Balaban J connectivity index is 2.09. The van der Waals surface area contributed by atoms with Crippen LogP contribution in [0, 0.1) is 0 Å². The third-order valence-corrected chi connectivity index (χ3v) is 3.90. The number of rotatable bonds is 5. The van der Waals surface area contributed by atoms with Crippen molar-refractivity contribution in [3.63, 3.8) is 0 Å². The van der Waals surface area contributed by atoms with Crippen LogP contribution in [0.3, 0.4) is 0 Å². The summed E-state index contributed by atoms with van der Waals surface area (Å²) in [5, 5.41) is 1.96. The Hall–Kier alpha value is -1.41. The summed E-state index contributed by atoms with van der Waals surface area (Å²) in [4.78, 5) is 12.9. The van der Waals surface area contributed by atoms with Gasteiger partial charge in [0.25, 0.3) is 0 Å². The number of ketones is 1. The molecular formula is C15H16OS. The van der Waals surface area contributed by atoms with Gasteiger partial charge < -0.3 is 0 Å². The van der Waals surface area contributed by atoms with Gasteiger partial charge >= 0.3 is 0 Å². The first-order valence-electron chi connectivity index (χ1n) is 5.93. The highest BCUT2D eigenvalue weighted by molar-refractivity contribution is 7.12. The number of Topliss-reactive ketones (excluding diaryl/α,β-unsaturated/α-hetero) is 1. The second-order valence-electron chi connectivity index (χ2n) is 4.12. The Labute approximate surface area is 106 Å². The first-order chi connectivity index (χ1) is 8.31. The van der Waals surface area contributed by atoms with Gasteiger partial charge in [-0.15, -0.1) is 11.3 Å². The zero-order valence-corrected chi connectivity index (χ0v) is 10.7. The molecular weight excluding hydrogens is 228 g/mol. The molecule has 1 atom stereocenters. The van der Waals surface area contributed by atoms with Gasteiger partial charge in [0, 0.05) is 6.42 Å². The number of carbonyl (C=O) groups is 1. The van der Waals surface area contributed by atoms with Crippen LogP contribution < -0.4 is 0 Å². The summed E-state index contributed by atoms with van der Waals surface area (Å²) in [5.74, 6) is 0.599. The molecule has 2 heteroatoms. The third kappa shape index (κ3) is 3.04. The Kier molecular flexibility index (Phi) is 4.10. The highest BCUT2D eigenvalue weighted by Crippen LogP contribution is 2.25. The molecule has 0 aliphatic heterocycles. The number of hydrogen-bond donors (Lipinski definition) is 0. The highest BCUT2D eigenvalue weighted by atomic mass is 32.1. The van der Waals surface area contributed by atoms with Crippen molar-refractivity contribution in [1.29, 1.82) is 0 Å².